The summed E-state index contributed by atoms with van der Waals surface area (Å²) in [5.41, 5.74) is 1.35. The summed E-state index contributed by atoms with van der Waals surface area (Å²) in [6, 6.07) is 10.5. The van der Waals surface area contributed by atoms with Gasteiger partial charge < -0.3 is 10.4 Å². The van der Waals surface area contributed by atoms with Crippen LogP contribution in [0, 0.1) is 5.92 Å². The lowest BCUT2D eigenvalue weighted by Crippen LogP contribution is -2.35. The van der Waals surface area contributed by atoms with Gasteiger partial charge in [-0.25, -0.2) is 0 Å². The fourth-order valence-corrected chi connectivity index (χ4v) is 2.67. The number of hydrogen-bond donors (Lipinski definition) is 2. The van der Waals surface area contributed by atoms with E-state index in [1.165, 1.54) is 5.56 Å². The highest BCUT2D eigenvalue weighted by molar-refractivity contribution is 5.66. The molecule has 1 aliphatic rings. The van der Waals surface area contributed by atoms with Gasteiger partial charge in [0.2, 0.25) is 0 Å². The monoisotopic (exact) mass is 233 g/mol. The van der Waals surface area contributed by atoms with Gasteiger partial charge in [-0.2, -0.15) is 0 Å². The predicted octanol–water partition coefficient (Wildman–Crippen LogP) is 2.24. The van der Waals surface area contributed by atoms with Gasteiger partial charge in [0.1, 0.15) is 0 Å². The molecule has 2 rings (SSSR count). The summed E-state index contributed by atoms with van der Waals surface area (Å²) in [5, 5.41) is 12.1. The molecule has 0 saturated carbocycles. The second-order valence-corrected chi connectivity index (χ2v) is 4.70. The van der Waals surface area contributed by atoms with E-state index in [1.807, 2.05) is 6.07 Å². The second-order valence-electron chi connectivity index (χ2n) is 4.70. The first-order valence-corrected chi connectivity index (χ1v) is 6.25. The maximum absolute atomic E-state index is 10.7. The van der Waals surface area contributed by atoms with E-state index in [2.05, 4.69) is 29.6 Å². The molecule has 0 radical (unpaired) electrons. The van der Waals surface area contributed by atoms with Crippen LogP contribution in [0.15, 0.2) is 30.3 Å². The molecule has 2 N–H and O–H groups in total. The topological polar surface area (TPSA) is 49.3 Å². The van der Waals surface area contributed by atoms with Gasteiger partial charge in [0.15, 0.2) is 0 Å². The Morgan fingerprint density at radius 2 is 2.12 bits per heavy atom. The Morgan fingerprint density at radius 3 is 2.82 bits per heavy atom. The minimum absolute atomic E-state index is 0.273. The molecule has 0 aliphatic carbocycles. The number of carboxylic acids is 1. The number of rotatable bonds is 4. The molecular formula is C14H19NO2. The molecule has 1 aromatic rings. The summed E-state index contributed by atoms with van der Waals surface area (Å²) >= 11 is 0. The van der Waals surface area contributed by atoms with Crippen LogP contribution in [0.5, 0.6) is 0 Å². The van der Waals surface area contributed by atoms with Crippen LogP contribution in [0.25, 0.3) is 0 Å². The number of carbonyl (C=O) groups is 1. The van der Waals surface area contributed by atoms with Crippen molar-refractivity contribution in [3.05, 3.63) is 35.9 Å². The standard InChI is InChI=1S/C14H19NO2/c16-14(17)7-6-12-10-15-9-8-13(12)11-4-2-1-3-5-11/h1-5,12-13,15H,6-10H2,(H,16,17)/t12-,13+/m1/s1. The van der Waals surface area contributed by atoms with E-state index in [0.717, 1.165) is 25.9 Å². The number of hydrogen-bond acceptors (Lipinski definition) is 2. The Kier molecular flexibility index (Phi) is 4.15. The lowest BCUT2D eigenvalue weighted by Gasteiger charge is -2.32. The second kappa shape index (κ2) is 5.82. The van der Waals surface area contributed by atoms with Crippen LogP contribution >= 0.6 is 0 Å². The molecule has 1 aromatic carbocycles. The fraction of sp³-hybridized carbons (Fsp3) is 0.500. The van der Waals surface area contributed by atoms with E-state index in [-0.39, 0.29) is 6.42 Å². The molecule has 92 valence electrons. The third kappa shape index (κ3) is 3.30. The molecule has 1 aliphatic heterocycles. The average molecular weight is 233 g/mol. The molecular weight excluding hydrogens is 214 g/mol. The molecule has 0 bridgehead atoms. The number of piperidine rings is 1. The van der Waals surface area contributed by atoms with E-state index >= 15 is 0 Å². The van der Waals surface area contributed by atoms with Gasteiger partial charge in [0.25, 0.3) is 0 Å². The third-order valence-electron chi connectivity index (χ3n) is 3.56. The minimum Gasteiger partial charge on any atom is -0.481 e. The summed E-state index contributed by atoms with van der Waals surface area (Å²) in [4.78, 5) is 10.7. The van der Waals surface area contributed by atoms with Crippen molar-refractivity contribution in [3.63, 3.8) is 0 Å². The van der Waals surface area contributed by atoms with Gasteiger partial charge in [-0.05, 0) is 43.3 Å². The number of carboxylic acid groups (broad SMARTS) is 1. The van der Waals surface area contributed by atoms with Gasteiger partial charge in [-0.15, -0.1) is 0 Å². The van der Waals surface area contributed by atoms with E-state index in [1.54, 1.807) is 0 Å². The normalized spacial score (nSPS) is 24.5. The van der Waals surface area contributed by atoms with Crippen molar-refractivity contribution in [2.24, 2.45) is 5.92 Å². The van der Waals surface area contributed by atoms with Crippen LogP contribution in [0.1, 0.15) is 30.7 Å². The first kappa shape index (κ1) is 12.1. The number of benzene rings is 1. The Labute approximate surface area is 102 Å². The first-order valence-electron chi connectivity index (χ1n) is 6.25. The van der Waals surface area contributed by atoms with E-state index < -0.39 is 5.97 Å². The highest BCUT2D eigenvalue weighted by Crippen LogP contribution is 2.32. The van der Waals surface area contributed by atoms with Crippen molar-refractivity contribution in [2.75, 3.05) is 13.1 Å². The van der Waals surface area contributed by atoms with E-state index in [0.29, 0.717) is 11.8 Å². The smallest absolute Gasteiger partial charge is 0.303 e. The zero-order valence-electron chi connectivity index (χ0n) is 9.93. The molecule has 17 heavy (non-hydrogen) atoms. The summed E-state index contributed by atoms with van der Waals surface area (Å²) in [6.07, 6.45) is 2.14. The molecule has 1 fully saturated rings. The van der Waals surface area contributed by atoms with Crippen molar-refractivity contribution in [3.8, 4) is 0 Å². The molecule has 0 spiro atoms. The lowest BCUT2D eigenvalue weighted by molar-refractivity contribution is -0.137. The van der Waals surface area contributed by atoms with Gasteiger partial charge in [-0.3, -0.25) is 4.79 Å². The third-order valence-corrected chi connectivity index (χ3v) is 3.56. The van der Waals surface area contributed by atoms with Crippen LogP contribution in [0.2, 0.25) is 0 Å². The van der Waals surface area contributed by atoms with Gasteiger partial charge >= 0.3 is 5.97 Å². The summed E-state index contributed by atoms with van der Waals surface area (Å²) in [6.45, 7) is 1.97. The zero-order chi connectivity index (χ0) is 12.1. The molecule has 0 unspecified atom stereocenters. The summed E-state index contributed by atoms with van der Waals surface area (Å²) < 4.78 is 0. The number of aliphatic carboxylic acids is 1. The highest BCUT2D eigenvalue weighted by Gasteiger charge is 2.26. The van der Waals surface area contributed by atoms with Crippen molar-refractivity contribution >= 4 is 5.97 Å². The van der Waals surface area contributed by atoms with Crippen molar-refractivity contribution < 1.29 is 9.90 Å². The molecule has 3 heteroatoms. The molecule has 0 aromatic heterocycles. The Balaban J connectivity index is 2.04. The molecule has 0 amide bonds. The van der Waals surface area contributed by atoms with Crippen LogP contribution in [-0.2, 0) is 4.79 Å². The van der Waals surface area contributed by atoms with Crippen molar-refractivity contribution in [2.45, 2.75) is 25.2 Å². The summed E-state index contributed by atoms with van der Waals surface area (Å²) in [7, 11) is 0. The van der Waals surface area contributed by atoms with E-state index in [4.69, 9.17) is 5.11 Å². The summed E-state index contributed by atoms with van der Waals surface area (Å²) in [5.74, 6) is 0.265. The van der Waals surface area contributed by atoms with Crippen LogP contribution in [0.3, 0.4) is 0 Å². The molecule has 1 saturated heterocycles. The van der Waals surface area contributed by atoms with Gasteiger partial charge in [-0.1, -0.05) is 30.3 Å². The maximum atomic E-state index is 10.7. The molecule has 1 heterocycles. The average Bonchev–Trinajstić information content (AvgIpc) is 2.38. The Morgan fingerprint density at radius 1 is 1.35 bits per heavy atom. The minimum atomic E-state index is -0.692. The molecule has 2 atom stereocenters. The largest absolute Gasteiger partial charge is 0.481 e. The quantitative estimate of drug-likeness (QED) is 0.838. The predicted molar refractivity (Wildman–Crippen MR) is 67.0 cm³/mol. The maximum Gasteiger partial charge on any atom is 0.303 e. The van der Waals surface area contributed by atoms with Crippen molar-refractivity contribution in [1.82, 2.24) is 5.32 Å². The lowest BCUT2D eigenvalue weighted by atomic mass is 9.79. The van der Waals surface area contributed by atoms with Crippen LogP contribution in [0.4, 0.5) is 0 Å². The van der Waals surface area contributed by atoms with Gasteiger partial charge in [0.05, 0.1) is 0 Å². The highest BCUT2D eigenvalue weighted by atomic mass is 16.4. The zero-order valence-corrected chi connectivity index (χ0v) is 9.93. The Hall–Kier alpha value is -1.35. The van der Waals surface area contributed by atoms with Crippen LogP contribution in [-0.4, -0.2) is 24.2 Å². The SMILES string of the molecule is O=C(O)CC[C@@H]1CNCC[C@H]1c1ccccc1. The number of nitrogens with one attached hydrogen (secondary N) is 1. The fourth-order valence-electron chi connectivity index (χ4n) is 2.67. The Bertz CT molecular complexity index is 364. The van der Waals surface area contributed by atoms with E-state index in [9.17, 15) is 4.79 Å². The van der Waals surface area contributed by atoms with Gasteiger partial charge in [0, 0.05) is 6.42 Å². The first-order chi connectivity index (χ1) is 8.27. The van der Waals surface area contributed by atoms with Crippen LogP contribution < -0.4 is 5.32 Å². The van der Waals surface area contributed by atoms with Crippen molar-refractivity contribution in [1.29, 1.82) is 0 Å². The molecule has 3 nitrogen and oxygen atoms in total.